The number of hydrogen-bond acceptors (Lipinski definition) is 6. The molecule has 0 fully saturated rings. The summed E-state index contributed by atoms with van der Waals surface area (Å²) in [6.45, 7) is 2.51. The summed E-state index contributed by atoms with van der Waals surface area (Å²) in [5.74, 6) is 1.65. The zero-order chi connectivity index (χ0) is 20.3. The molecule has 6 nitrogen and oxygen atoms in total. The summed E-state index contributed by atoms with van der Waals surface area (Å²) in [5, 5.41) is 8.99. The van der Waals surface area contributed by atoms with Crippen molar-refractivity contribution in [2.24, 2.45) is 0 Å². The maximum Gasteiger partial charge on any atom is 0.173 e. The fourth-order valence-electron chi connectivity index (χ4n) is 3.35. The molecule has 3 aromatic heterocycles. The molecular formula is C23H19N5OS. The number of aromatic nitrogens is 5. The fraction of sp³-hybridized carbons (Fsp3) is 0.130. The first-order valence-corrected chi connectivity index (χ1v) is 10.6. The molecule has 0 aliphatic heterocycles. The molecule has 0 N–H and O–H groups in total. The molecule has 0 saturated heterocycles. The standard InChI is InChI=1S/C23H19N5OS/c1-16-22(27-29-26-16)23-25-19-9-5-6-10-20(19)28(23)14-18-11-12-21(24-13-18)30-15-17-7-3-2-4-8-17/h2-13H,14-15H2,1H3. The minimum atomic E-state index is 0.638. The van der Waals surface area contributed by atoms with Gasteiger partial charge in [-0.1, -0.05) is 53.7 Å². The Bertz CT molecular complexity index is 1280. The van der Waals surface area contributed by atoms with Crippen molar-refractivity contribution in [2.75, 3.05) is 0 Å². The lowest BCUT2D eigenvalue weighted by atomic mass is 10.2. The van der Waals surface area contributed by atoms with E-state index in [2.05, 4.69) is 62.3 Å². The van der Waals surface area contributed by atoms with Crippen LogP contribution in [0.4, 0.5) is 0 Å². The van der Waals surface area contributed by atoms with Crippen molar-refractivity contribution >= 4 is 22.8 Å². The van der Waals surface area contributed by atoms with Crippen molar-refractivity contribution in [3.63, 3.8) is 0 Å². The van der Waals surface area contributed by atoms with Crippen LogP contribution in [0.2, 0.25) is 0 Å². The molecule has 0 unspecified atom stereocenters. The molecule has 30 heavy (non-hydrogen) atoms. The number of para-hydroxylation sites is 2. The third kappa shape index (κ3) is 3.71. The summed E-state index contributed by atoms with van der Waals surface area (Å²) in [6.07, 6.45) is 1.93. The highest BCUT2D eigenvalue weighted by Gasteiger charge is 2.18. The second-order valence-electron chi connectivity index (χ2n) is 6.99. The maximum absolute atomic E-state index is 4.91. The van der Waals surface area contributed by atoms with Crippen LogP contribution in [0.5, 0.6) is 0 Å². The maximum atomic E-state index is 4.91. The Hall–Kier alpha value is -3.45. The molecule has 0 aliphatic rings. The number of imidazole rings is 1. The van der Waals surface area contributed by atoms with Gasteiger partial charge in [0.2, 0.25) is 0 Å². The average molecular weight is 414 g/mol. The number of hydrogen-bond donors (Lipinski definition) is 0. The van der Waals surface area contributed by atoms with Gasteiger partial charge in [-0.3, -0.25) is 0 Å². The van der Waals surface area contributed by atoms with E-state index >= 15 is 0 Å². The van der Waals surface area contributed by atoms with E-state index in [1.54, 1.807) is 11.8 Å². The van der Waals surface area contributed by atoms with Crippen LogP contribution in [0, 0.1) is 6.92 Å². The molecule has 0 bridgehead atoms. The highest BCUT2D eigenvalue weighted by atomic mass is 32.2. The molecule has 5 rings (SSSR count). The average Bonchev–Trinajstić information content (AvgIpc) is 3.37. The first-order chi connectivity index (χ1) is 14.8. The van der Waals surface area contributed by atoms with Crippen LogP contribution in [0.15, 0.2) is 82.6 Å². The molecule has 0 aliphatic carbocycles. The van der Waals surface area contributed by atoms with Gasteiger partial charge in [0.15, 0.2) is 11.5 Å². The van der Waals surface area contributed by atoms with Crippen LogP contribution in [-0.2, 0) is 12.3 Å². The SMILES string of the molecule is Cc1nonc1-c1nc2ccccc2n1Cc1ccc(SCc2ccccc2)nc1. The van der Waals surface area contributed by atoms with E-state index in [-0.39, 0.29) is 0 Å². The largest absolute Gasteiger partial charge is 0.318 e. The Morgan fingerprint density at radius 3 is 2.50 bits per heavy atom. The van der Waals surface area contributed by atoms with Crippen LogP contribution >= 0.6 is 11.8 Å². The number of pyridine rings is 1. The molecule has 0 amide bonds. The van der Waals surface area contributed by atoms with Gasteiger partial charge in [-0.15, -0.1) is 11.8 Å². The van der Waals surface area contributed by atoms with Gasteiger partial charge in [0.05, 0.1) is 22.6 Å². The Morgan fingerprint density at radius 1 is 0.900 bits per heavy atom. The summed E-state index contributed by atoms with van der Waals surface area (Å²) >= 11 is 1.73. The smallest absolute Gasteiger partial charge is 0.173 e. The lowest BCUT2D eigenvalue weighted by molar-refractivity contribution is 0.305. The van der Waals surface area contributed by atoms with Gasteiger partial charge in [0.25, 0.3) is 0 Å². The van der Waals surface area contributed by atoms with Crippen LogP contribution in [0.25, 0.3) is 22.6 Å². The molecule has 148 valence electrons. The number of rotatable bonds is 6. The third-order valence-electron chi connectivity index (χ3n) is 4.89. The van der Waals surface area contributed by atoms with Crippen molar-refractivity contribution < 1.29 is 4.63 Å². The summed E-state index contributed by atoms with van der Waals surface area (Å²) in [7, 11) is 0. The van der Waals surface area contributed by atoms with Crippen LogP contribution < -0.4 is 0 Å². The van der Waals surface area contributed by atoms with Crippen LogP contribution in [0.3, 0.4) is 0 Å². The second-order valence-corrected chi connectivity index (χ2v) is 7.98. The molecule has 7 heteroatoms. The van der Waals surface area contributed by atoms with Crippen molar-refractivity contribution in [3.8, 4) is 11.5 Å². The predicted molar refractivity (Wildman–Crippen MR) is 117 cm³/mol. The molecule has 3 heterocycles. The van der Waals surface area contributed by atoms with Crippen molar-refractivity contribution in [1.29, 1.82) is 0 Å². The molecule has 0 atom stereocenters. The van der Waals surface area contributed by atoms with Gasteiger partial charge in [0.1, 0.15) is 5.69 Å². The highest BCUT2D eigenvalue weighted by molar-refractivity contribution is 7.98. The van der Waals surface area contributed by atoms with Gasteiger partial charge >= 0.3 is 0 Å². The molecule has 5 aromatic rings. The Balaban J connectivity index is 1.41. The van der Waals surface area contributed by atoms with E-state index in [0.29, 0.717) is 12.2 Å². The lowest BCUT2D eigenvalue weighted by Gasteiger charge is -2.09. The Kier molecular flexibility index (Phi) is 5.03. The minimum absolute atomic E-state index is 0.638. The first-order valence-electron chi connectivity index (χ1n) is 9.64. The van der Waals surface area contributed by atoms with Crippen LogP contribution in [0.1, 0.15) is 16.8 Å². The van der Waals surface area contributed by atoms with Crippen LogP contribution in [-0.4, -0.2) is 24.8 Å². The number of benzene rings is 2. The third-order valence-corrected chi connectivity index (χ3v) is 5.90. The molecule has 0 radical (unpaired) electrons. The zero-order valence-corrected chi connectivity index (χ0v) is 17.2. The van der Waals surface area contributed by atoms with Gasteiger partial charge in [0, 0.05) is 11.9 Å². The van der Waals surface area contributed by atoms with E-state index in [0.717, 1.165) is 38.9 Å². The van der Waals surface area contributed by atoms with Gasteiger partial charge in [-0.05, 0) is 41.4 Å². The van der Waals surface area contributed by atoms with Gasteiger partial charge in [-0.25, -0.2) is 14.6 Å². The first kappa shape index (κ1) is 18.6. The molecule has 0 spiro atoms. The Labute approximate surface area is 177 Å². The molecule has 2 aromatic carbocycles. The van der Waals surface area contributed by atoms with E-state index in [1.165, 1.54) is 5.56 Å². The Morgan fingerprint density at radius 2 is 1.73 bits per heavy atom. The monoisotopic (exact) mass is 413 g/mol. The zero-order valence-electron chi connectivity index (χ0n) is 16.4. The van der Waals surface area contributed by atoms with Gasteiger partial charge < -0.3 is 4.57 Å². The predicted octanol–water partition coefficient (Wildman–Crippen LogP) is 5.13. The van der Waals surface area contributed by atoms with E-state index in [1.807, 2.05) is 37.4 Å². The van der Waals surface area contributed by atoms with Gasteiger partial charge in [-0.2, -0.15) is 0 Å². The summed E-state index contributed by atoms with van der Waals surface area (Å²) in [6, 6.07) is 22.7. The van der Waals surface area contributed by atoms with Crippen molar-refractivity contribution in [3.05, 3.63) is 89.7 Å². The number of fused-ring (bicyclic) bond motifs is 1. The van der Waals surface area contributed by atoms with E-state index in [4.69, 9.17) is 9.61 Å². The lowest BCUT2D eigenvalue weighted by Crippen LogP contribution is -2.03. The quantitative estimate of drug-likeness (QED) is 0.360. The topological polar surface area (TPSA) is 69.6 Å². The summed E-state index contributed by atoms with van der Waals surface area (Å²) in [4.78, 5) is 9.42. The number of aryl methyl sites for hydroxylation is 1. The summed E-state index contributed by atoms with van der Waals surface area (Å²) in [5.41, 5.74) is 5.72. The molecular weight excluding hydrogens is 394 g/mol. The highest BCUT2D eigenvalue weighted by Crippen LogP contribution is 2.27. The van der Waals surface area contributed by atoms with E-state index < -0.39 is 0 Å². The summed E-state index contributed by atoms with van der Waals surface area (Å²) < 4.78 is 7.05. The normalized spacial score (nSPS) is 11.2. The second kappa shape index (κ2) is 8.12. The van der Waals surface area contributed by atoms with Crippen molar-refractivity contribution in [2.45, 2.75) is 24.2 Å². The van der Waals surface area contributed by atoms with Crippen molar-refractivity contribution in [1.82, 2.24) is 24.8 Å². The molecule has 0 saturated carbocycles. The fourth-order valence-corrected chi connectivity index (χ4v) is 4.15. The number of thioether (sulfide) groups is 1. The van der Waals surface area contributed by atoms with E-state index in [9.17, 15) is 0 Å². The minimum Gasteiger partial charge on any atom is -0.318 e. The number of nitrogens with zero attached hydrogens (tertiary/aromatic N) is 5.